The van der Waals surface area contributed by atoms with Gasteiger partial charge in [-0.3, -0.25) is 0 Å². The van der Waals surface area contributed by atoms with E-state index in [0.29, 0.717) is 6.42 Å². The molecule has 5 heteroatoms. The lowest BCUT2D eigenvalue weighted by molar-refractivity contribution is -0.160. The van der Waals surface area contributed by atoms with Crippen molar-refractivity contribution in [3.8, 4) is 0 Å². The minimum absolute atomic E-state index is 0.274. The zero-order valence-electron chi connectivity index (χ0n) is 9.88. The van der Waals surface area contributed by atoms with Crippen molar-refractivity contribution in [1.82, 2.24) is 0 Å². The molecular weight excluding hydrogens is 212 g/mol. The monoisotopic (exact) mass is 232 g/mol. The molecule has 2 heterocycles. The Morgan fingerprint density at radius 2 is 1.88 bits per heavy atom. The van der Waals surface area contributed by atoms with Crippen LogP contribution in [0.5, 0.6) is 0 Å². The highest BCUT2D eigenvalue weighted by atomic mass is 16.7. The van der Waals surface area contributed by atoms with Crippen LogP contribution < -0.4 is 0 Å². The van der Waals surface area contributed by atoms with Crippen LogP contribution in [0.4, 0.5) is 0 Å². The first kappa shape index (κ1) is 12.3. The molecule has 16 heavy (non-hydrogen) atoms. The van der Waals surface area contributed by atoms with E-state index in [4.69, 9.17) is 14.6 Å². The van der Waals surface area contributed by atoms with Crippen molar-refractivity contribution in [1.29, 1.82) is 0 Å². The van der Waals surface area contributed by atoms with Crippen LogP contribution in [0, 0.1) is 5.41 Å². The topological polar surface area (TPSA) is 79.2 Å². The molecule has 2 aliphatic rings. The lowest BCUT2D eigenvalue weighted by Gasteiger charge is -2.38. The summed E-state index contributed by atoms with van der Waals surface area (Å²) < 4.78 is 11.0. The summed E-state index contributed by atoms with van der Waals surface area (Å²) in [4.78, 5) is 0. The Morgan fingerprint density at radius 1 is 1.25 bits per heavy atom. The van der Waals surface area contributed by atoms with Gasteiger partial charge < -0.3 is 24.8 Å². The first-order valence-electron chi connectivity index (χ1n) is 5.71. The first-order chi connectivity index (χ1) is 7.39. The molecule has 2 aliphatic heterocycles. The van der Waals surface area contributed by atoms with Crippen molar-refractivity contribution in [2.24, 2.45) is 5.41 Å². The van der Waals surface area contributed by atoms with E-state index in [1.54, 1.807) is 13.8 Å². The third-order valence-electron chi connectivity index (χ3n) is 4.31. The summed E-state index contributed by atoms with van der Waals surface area (Å²) >= 11 is 0. The molecule has 0 aromatic rings. The average Bonchev–Trinajstić information content (AvgIpc) is 2.60. The minimum atomic E-state index is -1.16. The Balaban J connectivity index is 2.33. The Hall–Kier alpha value is -0.200. The molecule has 0 saturated carbocycles. The van der Waals surface area contributed by atoms with E-state index < -0.39 is 29.5 Å². The summed E-state index contributed by atoms with van der Waals surface area (Å²) in [5.41, 5.74) is -2.04. The first-order valence-corrected chi connectivity index (χ1v) is 5.71. The zero-order chi connectivity index (χ0) is 12.1. The molecule has 5 nitrogen and oxygen atoms in total. The maximum absolute atomic E-state index is 10.5. The average molecular weight is 232 g/mol. The van der Waals surface area contributed by atoms with E-state index in [1.807, 2.05) is 6.92 Å². The van der Waals surface area contributed by atoms with Crippen molar-refractivity contribution >= 4 is 0 Å². The smallest absolute Gasteiger partial charge is 0.169 e. The normalized spacial score (nSPS) is 56.6. The predicted octanol–water partition coefficient (Wildman–Crippen LogP) is -0.369. The molecule has 2 saturated heterocycles. The van der Waals surface area contributed by atoms with Gasteiger partial charge in [-0.05, 0) is 20.3 Å². The van der Waals surface area contributed by atoms with Crippen LogP contribution in [-0.4, -0.2) is 52.1 Å². The van der Waals surface area contributed by atoms with Gasteiger partial charge in [-0.2, -0.15) is 0 Å². The number of fused-ring (bicyclic) bond motifs is 1. The van der Waals surface area contributed by atoms with Crippen molar-refractivity contribution in [2.45, 2.75) is 57.4 Å². The predicted molar refractivity (Wildman–Crippen MR) is 55.6 cm³/mol. The minimum Gasteiger partial charge on any atom is -0.394 e. The van der Waals surface area contributed by atoms with Gasteiger partial charge in [0.2, 0.25) is 0 Å². The number of aliphatic hydroxyl groups excluding tert-OH is 2. The summed E-state index contributed by atoms with van der Waals surface area (Å²) in [5.74, 6) is 0. The highest BCUT2D eigenvalue weighted by Gasteiger charge is 2.69. The summed E-state index contributed by atoms with van der Waals surface area (Å²) in [6.07, 6.45) is -1.95. The largest absolute Gasteiger partial charge is 0.394 e. The third kappa shape index (κ3) is 1.23. The number of hydrogen-bond acceptors (Lipinski definition) is 5. The van der Waals surface area contributed by atoms with Gasteiger partial charge in [-0.25, -0.2) is 0 Å². The third-order valence-corrected chi connectivity index (χ3v) is 4.31. The van der Waals surface area contributed by atoms with Gasteiger partial charge in [0.05, 0.1) is 24.2 Å². The standard InChI is InChI=1S/C11H20O5/c1-4-7-11(3,14)10(2)8(13)6(5-12)15-9(10)16-7/h6-9,12-14H,4-5H2,1-3H3. The second-order valence-corrected chi connectivity index (χ2v) is 5.10. The molecule has 0 radical (unpaired) electrons. The molecule has 94 valence electrons. The second kappa shape index (κ2) is 3.65. The van der Waals surface area contributed by atoms with Crippen LogP contribution in [0.15, 0.2) is 0 Å². The fraction of sp³-hybridized carbons (Fsp3) is 1.00. The molecule has 6 atom stereocenters. The lowest BCUT2D eigenvalue weighted by Crippen LogP contribution is -2.54. The molecule has 0 aromatic carbocycles. The fourth-order valence-corrected chi connectivity index (χ4v) is 2.88. The molecular formula is C11H20O5. The Morgan fingerprint density at radius 3 is 2.31 bits per heavy atom. The number of ether oxygens (including phenoxy) is 2. The van der Waals surface area contributed by atoms with Crippen LogP contribution >= 0.6 is 0 Å². The van der Waals surface area contributed by atoms with Crippen molar-refractivity contribution in [3.05, 3.63) is 0 Å². The van der Waals surface area contributed by atoms with Crippen LogP contribution in [0.3, 0.4) is 0 Å². The van der Waals surface area contributed by atoms with Gasteiger partial charge in [0.15, 0.2) is 6.29 Å². The van der Waals surface area contributed by atoms with Gasteiger partial charge >= 0.3 is 0 Å². The SMILES string of the molecule is CCC1OC2OC(CO)C(O)C2(C)C1(C)O. The molecule has 3 N–H and O–H groups in total. The van der Waals surface area contributed by atoms with Crippen LogP contribution in [0.2, 0.25) is 0 Å². The van der Waals surface area contributed by atoms with Crippen LogP contribution in [0.25, 0.3) is 0 Å². The van der Waals surface area contributed by atoms with Crippen molar-refractivity contribution in [3.63, 3.8) is 0 Å². The van der Waals surface area contributed by atoms with Crippen molar-refractivity contribution in [2.75, 3.05) is 6.61 Å². The van der Waals surface area contributed by atoms with E-state index in [-0.39, 0.29) is 12.7 Å². The van der Waals surface area contributed by atoms with Crippen LogP contribution in [-0.2, 0) is 9.47 Å². The van der Waals surface area contributed by atoms with Crippen molar-refractivity contribution < 1.29 is 24.8 Å². The molecule has 0 aromatic heterocycles. The number of hydrogen-bond donors (Lipinski definition) is 3. The maximum Gasteiger partial charge on any atom is 0.169 e. The quantitative estimate of drug-likeness (QED) is 0.605. The van der Waals surface area contributed by atoms with Gasteiger partial charge in [0.25, 0.3) is 0 Å². The Labute approximate surface area is 95.0 Å². The molecule has 6 unspecified atom stereocenters. The summed E-state index contributed by atoms with van der Waals surface area (Å²) in [7, 11) is 0. The molecule has 0 bridgehead atoms. The Bertz CT molecular complexity index is 280. The van der Waals surface area contributed by atoms with E-state index in [9.17, 15) is 10.2 Å². The molecule has 0 spiro atoms. The van der Waals surface area contributed by atoms with Gasteiger partial charge in [0.1, 0.15) is 11.7 Å². The van der Waals surface area contributed by atoms with Gasteiger partial charge in [-0.1, -0.05) is 6.92 Å². The Kier molecular flexibility index (Phi) is 2.79. The van der Waals surface area contributed by atoms with E-state index in [2.05, 4.69) is 0 Å². The number of aliphatic hydroxyl groups is 3. The second-order valence-electron chi connectivity index (χ2n) is 5.10. The molecule has 0 amide bonds. The fourth-order valence-electron chi connectivity index (χ4n) is 2.88. The lowest BCUT2D eigenvalue weighted by atomic mass is 9.69. The van der Waals surface area contributed by atoms with E-state index in [0.717, 1.165) is 0 Å². The highest BCUT2D eigenvalue weighted by Crippen LogP contribution is 2.55. The van der Waals surface area contributed by atoms with E-state index in [1.165, 1.54) is 0 Å². The van der Waals surface area contributed by atoms with Gasteiger partial charge in [0, 0.05) is 0 Å². The molecule has 2 fully saturated rings. The van der Waals surface area contributed by atoms with Crippen LogP contribution in [0.1, 0.15) is 27.2 Å². The summed E-state index contributed by atoms with van der Waals surface area (Å²) in [5, 5.41) is 29.7. The van der Waals surface area contributed by atoms with E-state index >= 15 is 0 Å². The summed E-state index contributed by atoms with van der Waals surface area (Å²) in [6.45, 7) is 5.05. The molecule has 2 rings (SSSR count). The molecule has 0 aliphatic carbocycles. The summed E-state index contributed by atoms with van der Waals surface area (Å²) in [6, 6.07) is 0. The maximum atomic E-state index is 10.5. The number of rotatable bonds is 2. The highest BCUT2D eigenvalue weighted by molar-refractivity contribution is 5.13. The van der Waals surface area contributed by atoms with Gasteiger partial charge in [-0.15, -0.1) is 0 Å². The zero-order valence-corrected chi connectivity index (χ0v) is 9.88.